The molecule has 326 valence electrons. The van der Waals surface area contributed by atoms with E-state index in [0.717, 1.165) is 30.2 Å². The van der Waals surface area contributed by atoms with Crippen molar-refractivity contribution in [2.75, 3.05) is 0 Å². The fourth-order valence-electron chi connectivity index (χ4n) is 10.1. The van der Waals surface area contributed by atoms with Crippen LogP contribution in [0.4, 0.5) is 0 Å². The molecule has 0 amide bonds. The zero-order valence-electron chi connectivity index (χ0n) is 39.9. The minimum atomic E-state index is -0.609. The number of benzene rings is 4. The lowest BCUT2D eigenvalue weighted by Gasteiger charge is -2.36. The van der Waals surface area contributed by atoms with E-state index in [1.165, 1.54) is 133 Å². The van der Waals surface area contributed by atoms with E-state index in [9.17, 15) is 0 Å². The van der Waals surface area contributed by atoms with Crippen molar-refractivity contribution in [3.05, 3.63) is 117 Å². The summed E-state index contributed by atoms with van der Waals surface area (Å²) < 4.78 is 26.9. The van der Waals surface area contributed by atoms with Crippen molar-refractivity contribution in [3.63, 3.8) is 0 Å². The Hall–Kier alpha value is -3.15. The van der Waals surface area contributed by atoms with Crippen molar-refractivity contribution >= 4 is 25.2 Å². The van der Waals surface area contributed by atoms with Crippen LogP contribution in [-0.2, 0) is 43.3 Å². The summed E-state index contributed by atoms with van der Waals surface area (Å²) in [6, 6.07) is 29.3. The van der Waals surface area contributed by atoms with Gasteiger partial charge in [0.25, 0.3) is 0 Å². The van der Waals surface area contributed by atoms with Crippen LogP contribution in [0.5, 0.6) is 0 Å². The maximum absolute atomic E-state index is 6.80. The predicted molar refractivity (Wildman–Crippen MR) is 259 cm³/mol. The number of fused-ring (bicyclic) bond motifs is 3. The second-order valence-electron chi connectivity index (χ2n) is 20.5. The molecule has 4 nitrogen and oxygen atoms in total. The molecule has 2 fully saturated rings. The van der Waals surface area contributed by atoms with Gasteiger partial charge >= 0.3 is 14.2 Å². The van der Waals surface area contributed by atoms with Crippen LogP contribution in [0.25, 0.3) is 11.1 Å². The molecule has 2 heterocycles. The van der Waals surface area contributed by atoms with E-state index in [1.807, 2.05) is 0 Å². The third-order valence-corrected chi connectivity index (χ3v) is 14.7. The number of aryl methyl sites for hydroxylation is 4. The van der Waals surface area contributed by atoms with Crippen LogP contribution in [0.1, 0.15) is 191 Å². The summed E-state index contributed by atoms with van der Waals surface area (Å²) in [5.74, 6) is 0. The Labute approximate surface area is 371 Å². The molecule has 1 aliphatic carbocycles. The van der Waals surface area contributed by atoms with Gasteiger partial charge in [0.15, 0.2) is 0 Å². The molecule has 2 saturated heterocycles. The number of hydrogen-bond donors (Lipinski definition) is 0. The average molecular weight is 823 g/mol. The van der Waals surface area contributed by atoms with Crippen LogP contribution in [0.15, 0.2) is 72.8 Å². The van der Waals surface area contributed by atoms with E-state index < -0.39 is 30.9 Å². The Morgan fingerprint density at radius 3 is 1.38 bits per heavy atom. The molecule has 4 aromatic carbocycles. The molecular formula is C55H76B2O4. The zero-order chi connectivity index (χ0) is 43.6. The number of hydrogen-bond acceptors (Lipinski definition) is 4. The van der Waals surface area contributed by atoms with Crippen molar-refractivity contribution in [3.8, 4) is 11.1 Å². The van der Waals surface area contributed by atoms with Crippen molar-refractivity contribution < 1.29 is 18.6 Å². The lowest BCUT2D eigenvalue weighted by molar-refractivity contribution is 0.00578. The fraction of sp³-hybridized carbons (Fsp3) is 0.564. The molecule has 0 saturated carbocycles. The maximum Gasteiger partial charge on any atom is 0.494 e. The quantitative estimate of drug-likeness (QED) is 0.0614. The molecule has 0 aromatic heterocycles. The van der Waals surface area contributed by atoms with Crippen LogP contribution in [0.2, 0.25) is 0 Å². The van der Waals surface area contributed by atoms with Crippen molar-refractivity contribution in [1.82, 2.24) is 0 Å². The summed E-state index contributed by atoms with van der Waals surface area (Å²) in [5, 5.41) is 0. The van der Waals surface area contributed by atoms with E-state index in [4.69, 9.17) is 18.6 Å². The zero-order valence-corrected chi connectivity index (χ0v) is 39.9. The lowest BCUT2D eigenvalue weighted by Crippen LogP contribution is -2.41. The van der Waals surface area contributed by atoms with Gasteiger partial charge in [0.1, 0.15) is 0 Å². The van der Waals surface area contributed by atoms with Crippen LogP contribution in [-0.4, -0.2) is 37.1 Å². The van der Waals surface area contributed by atoms with Gasteiger partial charge in [-0.1, -0.05) is 157 Å². The SMILES string of the molecule is CCCCCCc1cc(C)cc(C2(c3cc(CCCCCC)cc(CCCCCC)c3)c3cc(B4OC(C)C(C)(C)O4)ccc3-c3ccc(B4OC(C)(C)C(C)(C)O4)cc32)c1. The first-order valence-corrected chi connectivity index (χ1v) is 24.4. The molecule has 3 aliphatic rings. The topological polar surface area (TPSA) is 36.9 Å². The van der Waals surface area contributed by atoms with E-state index >= 15 is 0 Å². The molecule has 4 aromatic rings. The number of rotatable bonds is 19. The Balaban J connectivity index is 1.51. The molecule has 0 radical (unpaired) electrons. The minimum absolute atomic E-state index is 0.0260. The van der Waals surface area contributed by atoms with Crippen molar-refractivity contribution in [2.24, 2.45) is 0 Å². The van der Waals surface area contributed by atoms with Crippen molar-refractivity contribution in [2.45, 2.75) is 201 Å². The summed E-state index contributed by atoms with van der Waals surface area (Å²) in [4.78, 5) is 0. The standard InChI is InChI=1S/C55H76B2O4/c1-12-15-18-21-24-41-31-39(4)32-44(34-41)55(45-35-42(25-22-19-16-13-2)33-43(36-45)26-23-20-17-14-3)50-37-46(56-58-40(5)52(6,7)59-56)27-29-48(50)49-30-28-47(38-51(49)55)57-60-53(8,9)54(10,11)61-57/h27-38,40H,12-26H2,1-11H3. The van der Waals surface area contributed by atoms with E-state index in [1.54, 1.807) is 0 Å². The first-order chi connectivity index (χ1) is 29.1. The lowest BCUT2D eigenvalue weighted by atomic mass is 9.64. The second kappa shape index (κ2) is 18.9. The summed E-state index contributed by atoms with van der Waals surface area (Å²) in [6.07, 6.45) is 18.2. The van der Waals surface area contributed by atoms with E-state index in [-0.39, 0.29) is 11.7 Å². The first-order valence-electron chi connectivity index (χ1n) is 24.4. The third-order valence-electron chi connectivity index (χ3n) is 14.7. The van der Waals surface area contributed by atoms with Gasteiger partial charge in [-0.2, -0.15) is 0 Å². The Bertz CT molecular complexity index is 2090. The molecule has 7 rings (SSSR count). The van der Waals surface area contributed by atoms with Gasteiger partial charge < -0.3 is 18.6 Å². The molecule has 0 spiro atoms. The highest BCUT2D eigenvalue weighted by molar-refractivity contribution is 6.62. The minimum Gasteiger partial charge on any atom is -0.402 e. The Morgan fingerprint density at radius 2 is 0.934 bits per heavy atom. The van der Waals surface area contributed by atoms with Crippen LogP contribution < -0.4 is 10.9 Å². The molecule has 2 atom stereocenters. The molecule has 6 heteroatoms. The summed E-state index contributed by atoms with van der Waals surface area (Å²) in [7, 11) is -0.912. The Morgan fingerprint density at radius 1 is 0.492 bits per heavy atom. The van der Waals surface area contributed by atoms with Gasteiger partial charge in [0, 0.05) is 0 Å². The summed E-state index contributed by atoms with van der Waals surface area (Å²) in [6.45, 7) is 24.2. The van der Waals surface area contributed by atoms with Crippen molar-refractivity contribution in [1.29, 1.82) is 0 Å². The van der Waals surface area contributed by atoms with Crippen LogP contribution in [0, 0.1) is 6.92 Å². The normalized spacial score (nSPS) is 21.0. The molecule has 2 unspecified atom stereocenters. The molecule has 0 N–H and O–H groups in total. The smallest absolute Gasteiger partial charge is 0.402 e. The van der Waals surface area contributed by atoms with Gasteiger partial charge in [0.2, 0.25) is 0 Å². The summed E-state index contributed by atoms with van der Waals surface area (Å²) in [5.41, 5.74) is 13.7. The van der Waals surface area contributed by atoms with Gasteiger partial charge in [-0.15, -0.1) is 0 Å². The average Bonchev–Trinajstić information content (AvgIpc) is 3.76. The van der Waals surface area contributed by atoms with Gasteiger partial charge in [0.05, 0.1) is 28.3 Å². The van der Waals surface area contributed by atoms with Crippen LogP contribution in [0.3, 0.4) is 0 Å². The molecule has 0 bridgehead atoms. The van der Waals surface area contributed by atoms with Gasteiger partial charge in [-0.3, -0.25) is 0 Å². The first kappa shape index (κ1) is 45.9. The second-order valence-corrected chi connectivity index (χ2v) is 20.5. The monoisotopic (exact) mass is 823 g/mol. The van der Waals surface area contributed by atoms with Gasteiger partial charge in [-0.25, -0.2) is 0 Å². The van der Waals surface area contributed by atoms with E-state index in [2.05, 4.69) is 149 Å². The highest BCUT2D eigenvalue weighted by Gasteiger charge is 2.54. The highest BCUT2D eigenvalue weighted by Crippen LogP contribution is 2.56. The predicted octanol–water partition coefficient (Wildman–Crippen LogP) is 12.9. The van der Waals surface area contributed by atoms with Crippen LogP contribution >= 0.6 is 0 Å². The Kier molecular flexibility index (Phi) is 14.2. The number of unbranched alkanes of at least 4 members (excludes halogenated alkanes) is 9. The highest BCUT2D eigenvalue weighted by atomic mass is 16.7. The fourth-order valence-corrected chi connectivity index (χ4v) is 10.1. The molecule has 2 aliphatic heterocycles. The van der Waals surface area contributed by atoms with E-state index in [0.29, 0.717) is 0 Å². The third kappa shape index (κ3) is 9.41. The molecular weight excluding hydrogens is 746 g/mol. The molecule has 61 heavy (non-hydrogen) atoms. The van der Waals surface area contributed by atoms with Gasteiger partial charge in [-0.05, 0) is 155 Å². The maximum atomic E-state index is 6.80. The summed E-state index contributed by atoms with van der Waals surface area (Å²) >= 11 is 0. The largest absolute Gasteiger partial charge is 0.494 e.